The maximum absolute atomic E-state index is 6.55. The van der Waals surface area contributed by atoms with Crippen molar-refractivity contribution in [2.45, 2.75) is 91.0 Å². The van der Waals surface area contributed by atoms with Crippen LogP contribution in [0.1, 0.15) is 52.7 Å². The first-order chi connectivity index (χ1) is 15.5. The highest BCUT2D eigenvalue weighted by molar-refractivity contribution is 6.74. The molecule has 0 fully saturated rings. The summed E-state index contributed by atoms with van der Waals surface area (Å²) in [7, 11) is -3.79. The van der Waals surface area contributed by atoms with Gasteiger partial charge in [0.15, 0.2) is 27.4 Å². The van der Waals surface area contributed by atoms with E-state index in [0.29, 0.717) is 29.5 Å². The van der Waals surface area contributed by atoms with Crippen molar-refractivity contribution in [2.24, 2.45) is 0 Å². The molecule has 3 rings (SSSR count). The lowest BCUT2D eigenvalue weighted by Gasteiger charge is -2.36. The number of nitrogens with zero attached hydrogens (tertiary/aromatic N) is 4. The summed E-state index contributed by atoms with van der Waals surface area (Å²) in [6.45, 7) is 23.8. The van der Waals surface area contributed by atoms with Gasteiger partial charge in [-0.05, 0) is 59.5 Å². The van der Waals surface area contributed by atoms with Gasteiger partial charge in [0.05, 0.1) is 13.2 Å². The molecule has 0 saturated carbocycles. The molecule has 2 heterocycles. The smallest absolute Gasteiger partial charge is 0.192 e. The molecule has 0 unspecified atom stereocenters. The van der Waals surface area contributed by atoms with E-state index in [1.54, 1.807) is 6.33 Å². The fourth-order valence-electron chi connectivity index (χ4n) is 3.00. The minimum absolute atomic E-state index is 0.146. The first kappa shape index (κ1) is 27.0. The van der Waals surface area contributed by atoms with Crippen LogP contribution < -0.4 is 0 Å². The van der Waals surface area contributed by atoms with E-state index < -0.39 is 16.6 Å². The van der Waals surface area contributed by atoms with E-state index >= 15 is 0 Å². The zero-order valence-electron chi connectivity index (χ0n) is 22.3. The van der Waals surface area contributed by atoms with Gasteiger partial charge in [-0.15, -0.1) is 0 Å². The molecule has 6 nitrogen and oxygen atoms in total. The van der Waals surface area contributed by atoms with Crippen molar-refractivity contribution in [1.82, 2.24) is 19.5 Å². The molecule has 0 saturated heterocycles. The van der Waals surface area contributed by atoms with Crippen molar-refractivity contribution in [3.8, 4) is 5.69 Å². The molecule has 0 amide bonds. The molecule has 0 atom stereocenters. The SMILES string of the molecule is CC(C)(C)[Si](C)(C)OCc1cc(CO[Si](C)(C)C(C)(C)C)cc(-n2cnc3c(Cl)ncnc32)c1. The Hall–Kier alpha value is -1.59. The van der Waals surface area contributed by atoms with E-state index in [1.807, 2.05) is 4.57 Å². The van der Waals surface area contributed by atoms with Crippen LogP contribution in [0.25, 0.3) is 16.9 Å². The molecule has 0 aliphatic rings. The third-order valence-corrected chi connectivity index (χ3v) is 16.6. The van der Waals surface area contributed by atoms with E-state index in [-0.39, 0.29) is 10.1 Å². The van der Waals surface area contributed by atoms with Gasteiger partial charge < -0.3 is 8.85 Å². The lowest BCUT2D eigenvalue weighted by molar-refractivity contribution is 0.270. The molecule has 0 radical (unpaired) electrons. The number of imidazole rings is 1. The minimum Gasteiger partial charge on any atom is -0.413 e. The summed E-state index contributed by atoms with van der Waals surface area (Å²) in [5, 5.41) is 0.642. The van der Waals surface area contributed by atoms with Crippen LogP contribution in [-0.4, -0.2) is 36.2 Å². The molecule has 34 heavy (non-hydrogen) atoms. The quantitative estimate of drug-likeness (QED) is 0.239. The molecular weight excluding hydrogens is 480 g/mol. The van der Waals surface area contributed by atoms with Crippen molar-refractivity contribution in [2.75, 3.05) is 0 Å². The van der Waals surface area contributed by atoms with Gasteiger partial charge in [-0.1, -0.05) is 59.2 Å². The summed E-state index contributed by atoms with van der Waals surface area (Å²) in [5.74, 6) is 0. The topological polar surface area (TPSA) is 62.1 Å². The fourth-order valence-corrected chi connectivity index (χ4v) is 5.10. The van der Waals surface area contributed by atoms with Gasteiger partial charge in [0.2, 0.25) is 0 Å². The predicted octanol–water partition coefficient (Wildman–Crippen LogP) is 7.51. The maximum atomic E-state index is 6.55. The van der Waals surface area contributed by atoms with Gasteiger partial charge in [-0.2, -0.15) is 0 Å². The van der Waals surface area contributed by atoms with Crippen LogP contribution in [0, 0.1) is 0 Å². The first-order valence-corrected chi connectivity index (χ1v) is 18.0. The van der Waals surface area contributed by atoms with E-state index in [9.17, 15) is 0 Å². The highest BCUT2D eigenvalue weighted by Crippen LogP contribution is 2.38. The van der Waals surface area contributed by atoms with Crippen LogP contribution in [0.3, 0.4) is 0 Å². The van der Waals surface area contributed by atoms with Gasteiger partial charge in [0.1, 0.15) is 18.2 Å². The molecule has 186 valence electrons. The predicted molar refractivity (Wildman–Crippen MR) is 146 cm³/mol. The number of halogens is 1. The highest BCUT2D eigenvalue weighted by Gasteiger charge is 2.38. The highest BCUT2D eigenvalue weighted by atomic mass is 35.5. The average molecular weight is 519 g/mol. The number of hydrogen-bond donors (Lipinski definition) is 0. The first-order valence-electron chi connectivity index (χ1n) is 11.8. The maximum Gasteiger partial charge on any atom is 0.192 e. The van der Waals surface area contributed by atoms with Crippen LogP contribution in [0.2, 0.25) is 41.4 Å². The second-order valence-corrected chi connectivity index (χ2v) is 22.0. The summed E-state index contributed by atoms with van der Waals surface area (Å²) >= 11 is 6.25. The largest absolute Gasteiger partial charge is 0.413 e. The van der Waals surface area contributed by atoms with Crippen LogP contribution in [0.15, 0.2) is 30.9 Å². The Morgan fingerprint density at radius 1 is 0.794 bits per heavy atom. The number of fused-ring (bicyclic) bond motifs is 1. The van der Waals surface area contributed by atoms with Crippen molar-refractivity contribution in [1.29, 1.82) is 0 Å². The second-order valence-electron chi connectivity index (χ2n) is 12.1. The number of rotatable bonds is 7. The molecule has 0 spiro atoms. The van der Waals surface area contributed by atoms with E-state index in [2.05, 4.69) is 101 Å². The zero-order chi connectivity index (χ0) is 25.5. The van der Waals surface area contributed by atoms with E-state index in [1.165, 1.54) is 6.33 Å². The van der Waals surface area contributed by atoms with Crippen molar-refractivity contribution in [3.63, 3.8) is 0 Å². The van der Waals surface area contributed by atoms with Crippen molar-refractivity contribution < 1.29 is 8.85 Å². The summed E-state index contributed by atoms with van der Waals surface area (Å²) in [5.41, 5.74) is 4.45. The molecule has 0 N–H and O–H groups in total. The lowest BCUT2D eigenvalue weighted by atomic mass is 10.1. The van der Waals surface area contributed by atoms with Crippen molar-refractivity contribution in [3.05, 3.63) is 47.1 Å². The molecule has 9 heteroatoms. The van der Waals surface area contributed by atoms with Gasteiger partial charge in [-0.25, -0.2) is 15.0 Å². The molecule has 3 aromatic rings. The molecule has 0 aliphatic heterocycles. The third-order valence-electron chi connectivity index (χ3n) is 7.42. The standard InChI is InChI=1S/C25H39ClN4O2Si2/c1-24(2,3)33(7,8)31-14-18-11-19(15-32-34(9,10)25(4,5)6)13-20(12-18)30-17-29-21-22(26)27-16-28-23(21)30/h11-13,16-17H,14-15H2,1-10H3. The molecule has 0 bridgehead atoms. The minimum atomic E-state index is -1.89. The normalized spacial score (nSPS) is 13.6. The Kier molecular flexibility index (Phi) is 7.52. The van der Waals surface area contributed by atoms with Gasteiger partial charge in [-0.3, -0.25) is 4.57 Å². The number of aromatic nitrogens is 4. The Labute approximate surface area is 211 Å². The van der Waals surface area contributed by atoms with Crippen LogP contribution in [-0.2, 0) is 22.1 Å². The summed E-state index contributed by atoms with van der Waals surface area (Å²) in [6.07, 6.45) is 3.21. The lowest BCUT2D eigenvalue weighted by Crippen LogP contribution is -2.40. The Morgan fingerprint density at radius 2 is 1.29 bits per heavy atom. The van der Waals surface area contributed by atoms with Crippen LogP contribution >= 0.6 is 11.6 Å². The summed E-state index contributed by atoms with van der Waals surface area (Å²) < 4.78 is 15.1. The molecular formula is C25H39ClN4O2Si2. The number of hydrogen-bond acceptors (Lipinski definition) is 5. The zero-order valence-corrected chi connectivity index (χ0v) is 25.0. The Morgan fingerprint density at radius 3 is 1.76 bits per heavy atom. The van der Waals surface area contributed by atoms with E-state index in [4.69, 9.17) is 20.5 Å². The summed E-state index contributed by atoms with van der Waals surface area (Å²) in [6, 6.07) is 6.48. The molecule has 0 aliphatic carbocycles. The van der Waals surface area contributed by atoms with Gasteiger partial charge in [0, 0.05) is 5.69 Å². The van der Waals surface area contributed by atoms with Gasteiger partial charge in [0.25, 0.3) is 0 Å². The average Bonchev–Trinajstić information content (AvgIpc) is 3.15. The molecule has 1 aromatic carbocycles. The Balaban J connectivity index is 2.00. The monoisotopic (exact) mass is 518 g/mol. The second kappa shape index (κ2) is 9.46. The Bertz CT molecular complexity index is 1120. The third kappa shape index (κ3) is 5.79. The number of benzene rings is 1. The van der Waals surface area contributed by atoms with Crippen LogP contribution in [0.4, 0.5) is 0 Å². The van der Waals surface area contributed by atoms with Crippen molar-refractivity contribution >= 4 is 39.4 Å². The van der Waals surface area contributed by atoms with E-state index in [0.717, 1.165) is 16.8 Å². The molecule has 2 aromatic heterocycles. The fraction of sp³-hybridized carbons (Fsp3) is 0.560. The van der Waals surface area contributed by atoms with Crippen LogP contribution in [0.5, 0.6) is 0 Å². The summed E-state index contributed by atoms with van der Waals surface area (Å²) in [4.78, 5) is 12.9. The van der Waals surface area contributed by atoms with Gasteiger partial charge >= 0.3 is 0 Å².